The van der Waals surface area contributed by atoms with Crippen LogP contribution in [0.25, 0.3) is 5.57 Å². The number of anilines is 1. The lowest BCUT2D eigenvalue weighted by Crippen LogP contribution is -2.33. The molecule has 2 amide bonds. The molecule has 1 heterocycles. The molecule has 0 atom stereocenters. The normalized spacial score (nSPS) is 14.4. The summed E-state index contributed by atoms with van der Waals surface area (Å²) in [5, 5.41) is 3.51. The molecular weight excluding hydrogens is 343 g/mol. The van der Waals surface area contributed by atoms with Crippen LogP contribution in [0, 0.1) is 5.82 Å². The van der Waals surface area contributed by atoms with E-state index in [1.165, 1.54) is 29.2 Å². The van der Waals surface area contributed by atoms with Crippen LogP contribution in [0.15, 0.2) is 54.2 Å². The second kappa shape index (κ2) is 7.07. The Balaban J connectivity index is 2.05. The maximum atomic E-state index is 13.1. The summed E-state index contributed by atoms with van der Waals surface area (Å²) in [6.07, 6.45) is 0.662. The Morgan fingerprint density at radius 1 is 1.00 bits per heavy atom. The van der Waals surface area contributed by atoms with Crippen LogP contribution in [-0.4, -0.2) is 23.3 Å². The molecule has 1 aliphatic rings. The van der Waals surface area contributed by atoms with Gasteiger partial charge in [-0.1, -0.05) is 30.7 Å². The van der Waals surface area contributed by atoms with Crippen molar-refractivity contribution < 1.29 is 14.0 Å². The van der Waals surface area contributed by atoms with E-state index in [1.807, 2.05) is 6.92 Å². The number of amides is 2. The third kappa shape index (κ3) is 3.42. The summed E-state index contributed by atoms with van der Waals surface area (Å²) in [5.41, 5.74) is 1.61. The standard InChI is InChI=1S/C19H16ClFN2O2/c1-2-11-23-18(24)16(12-3-5-13(20)6-4-12)17(19(23)25)22-15-9-7-14(21)8-10-15/h3-10,22H,2,11H2,1H3. The zero-order valence-electron chi connectivity index (χ0n) is 13.6. The van der Waals surface area contributed by atoms with Crippen LogP contribution in [0.5, 0.6) is 0 Å². The highest BCUT2D eigenvalue weighted by molar-refractivity contribution is 6.36. The molecule has 0 radical (unpaired) electrons. The maximum Gasteiger partial charge on any atom is 0.278 e. The van der Waals surface area contributed by atoms with Crippen molar-refractivity contribution in [2.45, 2.75) is 13.3 Å². The maximum absolute atomic E-state index is 13.1. The van der Waals surface area contributed by atoms with Gasteiger partial charge in [0.1, 0.15) is 11.5 Å². The number of carbonyl (C=O) groups excluding carboxylic acids is 2. The molecule has 1 N–H and O–H groups in total. The molecule has 2 aromatic carbocycles. The summed E-state index contributed by atoms with van der Waals surface area (Å²) in [7, 11) is 0. The second-order valence-corrected chi connectivity index (χ2v) is 6.09. The average molecular weight is 359 g/mol. The van der Waals surface area contributed by atoms with Gasteiger partial charge in [-0.2, -0.15) is 0 Å². The topological polar surface area (TPSA) is 49.4 Å². The van der Waals surface area contributed by atoms with Crippen LogP contribution in [0.4, 0.5) is 10.1 Å². The lowest BCUT2D eigenvalue weighted by atomic mass is 10.0. The van der Waals surface area contributed by atoms with E-state index in [0.29, 0.717) is 34.8 Å². The van der Waals surface area contributed by atoms with Gasteiger partial charge in [0.2, 0.25) is 0 Å². The lowest BCUT2D eigenvalue weighted by Gasteiger charge is -2.13. The Bertz CT molecular complexity index is 845. The van der Waals surface area contributed by atoms with E-state index < -0.39 is 0 Å². The van der Waals surface area contributed by atoms with Crippen LogP contribution in [0.2, 0.25) is 5.02 Å². The molecule has 0 bridgehead atoms. The highest BCUT2D eigenvalue weighted by Gasteiger charge is 2.38. The smallest absolute Gasteiger partial charge is 0.278 e. The van der Waals surface area contributed by atoms with Crippen molar-refractivity contribution in [3.05, 3.63) is 70.6 Å². The first-order valence-corrected chi connectivity index (χ1v) is 8.28. The Morgan fingerprint density at radius 3 is 2.24 bits per heavy atom. The predicted molar refractivity (Wildman–Crippen MR) is 95.4 cm³/mol. The SMILES string of the molecule is CCCN1C(=O)C(Nc2ccc(F)cc2)=C(c2ccc(Cl)cc2)C1=O. The summed E-state index contributed by atoms with van der Waals surface area (Å²) in [5.74, 6) is -1.11. The summed E-state index contributed by atoms with van der Waals surface area (Å²) >= 11 is 5.91. The Hall–Kier alpha value is -2.66. The Labute approximate surface area is 149 Å². The Kier molecular flexibility index (Phi) is 4.86. The van der Waals surface area contributed by atoms with Crippen LogP contribution >= 0.6 is 11.6 Å². The van der Waals surface area contributed by atoms with Crippen LogP contribution in [0.3, 0.4) is 0 Å². The number of benzene rings is 2. The molecule has 4 nitrogen and oxygen atoms in total. The molecule has 0 spiro atoms. The van der Waals surface area contributed by atoms with Crippen molar-refractivity contribution in [3.63, 3.8) is 0 Å². The fourth-order valence-electron chi connectivity index (χ4n) is 2.68. The molecule has 3 rings (SSSR count). The van der Waals surface area contributed by atoms with Crippen molar-refractivity contribution in [3.8, 4) is 0 Å². The zero-order chi connectivity index (χ0) is 18.0. The third-order valence-corrected chi connectivity index (χ3v) is 4.11. The first-order valence-electron chi connectivity index (χ1n) is 7.90. The molecule has 0 aliphatic carbocycles. The number of hydrogen-bond donors (Lipinski definition) is 1. The zero-order valence-corrected chi connectivity index (χ0v) is 14.3. The highest BCUT2D eigenvalue weighted by Crippen LogP contribution is 2.31. The van der Waals surface area contributed by atoms with E-state index in [2.05, 4.69) is 5.32 Å². The van der Waals surface area contributed by atoms with E-state index >= 15 is 0 Å². The number of hydrogen-bond acceptors (Lipinski definition) is 3. The Morgan fingerprint density at radius 2 is 1.64 bits per heavy atom. The minimum atomic E-state index is -0.388. The first-order chi connectivity index (χ1) is 12.0. The minimum absolute atomic E-state index is 0.187. The molecular formula is C19H16ClFN2O2. The van der Waals surface area contributed by atoms with E-state index in [4.69, 9.17) is 11.6 Å². The van der Waals surface area contributed by atoms with Gasteiger partial charge in [-0.3, -0.25) is 14.5 Å². The van der Waals surface area contributed by atoms with E-state index in [1.54, 1.807) is 24.3 Å². The van der Waals surface area contributed by atoms with Crippen LogP contribution in [-0.2, 0) is 9.59 Å². The molecule has 0 fully saturated rings. The van der Waals surface area contributed by atoms with Gasteiger partial charge in [0, 0.05) is 17.3 Å². The molecule has 6 heteroatoms. The van der Waals surface area contributed by atoms with Gasteiger partial charge in [0.05, 0.1) is 5.57 Å². The summed E-state index contributed by atoms with van der Waals surface area (Å²) in [6, 6.07) is 12.3. The number of imide groups is 1. The first kappa shape index (κ1) is 17.2. The third-order valence-electron chi connectivity index (χ3n) is 3.86. The summed E-state index contributed by atoms with van der Waals surface area (Å²) in [4.78, 5) is 26.7. The summed E-state index contributed by atoms with van der Waals surface area (Å²) in [6.45, 7) is 2.23. The second-order valence-electron chi connectivity index (χ2n) is 5.65. The van der Waals surface area contributed by atoms with Gasteiger partial charge < -0.3 is 5.32 Å². The van der Waals surface area contributed by atoms with E-state index in [9.17, 15) is 14.0 Å². The highest BCUT2D eigenvalue weighted by atomic mass is 35.5. The monoisotopic (exact) mass is 358 g/mol. The van der Waals surface area contributed by atoms with Crippen molar-refractivity contribution in [2.24, 2.45) is 0 Å². The largest absolute Gasteiger partial charge is 0.350 e. The fraction of sp³-hybridized carbons (Fsp3) is 0.158. The molecule has 0 saturated carbocycles. The molecule has 1 aliphatic heterocycles. The van der Waals surface area contributed by atoms with Gasteiger partial charge in [-0.15, -0.1) is 0 Å². The minimum Gasteiger partial charge on any atom is -0.350 e. The van der Waals surface area contributed by atoms with Crippen molar-refractivity contribution in [1.29, 1.82) is 0 Å². The van der Waals surface area contributed by atoms with Gasteiger partial charge >= 0.3 is 0 Å². The van der Waals surface area contributed by atoms with Crippen molar-refractivity contribution in [2.75, 3.05) is 11.9 Å². The number of nitrogens with zero attached hydrogens (tertiary/aromatic N) is 1. The summed E-state index contributed by atoms with van der Waals surface area (Å²) < 4.78 is 13.1. The van der Waals surface area contributed by atoms with Gasteiger partial charge in [-0.25, -0.2) is 4.39 Å². The number of carbonyl (C=O) groups is 2. The average Bonchev–Trinajstić information content (AvgIpc) is 2.83. The number of halogens is 2. The van der Waals surface area contributed by atoms with Crippen LogP contribution < -0.4 is 5.32 Å². The molecule has 0 aromatic heterocycles. The molecule has 128 valence electrons. The van der Waals surface area contributed by atoms with E-state index in [-0.39, 0.29) is 23.3 Å². The lowest BCUT2D eigenvalue weighted by molar-refractivity contribution is -0.136. The van der Waals surface area contributed by atoms with Gasteiger partial charge in [-0.05, 0) is 48.4 Å². The number of rotatable bonds is 5. The van der Waals surface area contributed by atoms with Crippen molar-refractivity contribution >= 4 is 34.7 Å². The molecule has 2 aromatic rings. The quantitative estimate of drug-likeness (QED) is 0.819. The van der Waals surface area contributed by atoms with Gasteiger partial charge in [0.25, 0.3) is 11.8 Å². The predicted octanol–water partition coefficient (Wildman–Crippen LogP) is 4.08. The molecule has 0 saturated heterocycles. The number of nitrogens with one attached hydrogen (secondary N) is 1. The fourth-order valence-corrected chi connectivity index (χ4v) is 2.81. The van der Waals surface area contributed by atoms with Crippen molar-refractivity contribution in [1.82, 2.24) is 4.90 Å². The van der Waals surface area contributed by atoms with Gasteiger partial charge in [0.15, 0.2) is 0 Å². The van der Waals surface area contributed by atoms with Crippen LogP contribution in [0.1, 0.15) is 18.9 Å². The molecule has 0 unspecified atom stereocenters. The molecule has 25 heavy (non-hydrogen) atoms. The van der Waals surface area contributed by atoms with E-state index in [0.717, 1.165) is 0 Å².